The molecule has 0 aliphatic rings. The van der Waals surface area contributed by atoms with Crippen LogP contribution in [0.2, 0.25) is 0 Å². The lowest BCUT2D eigenvalue weighted by Gasteiger charge is -1.97. The van der Waals surface area contributed by atoms with E-state index in [1.165, 1.54) is 0 Å². The summed E-state index contributed by atoms with van der Waals surface area (Å²) >= 11 is 0. The second-order valence-electron chi connectivity index (χ2n) is 4.43. The highest BCUT2D eigenvalue weighted by Crippen LogP contribution is 2.23. The van der Waals surface area contributed by atoms with Crippen LogP contribution in [0.15, 0.2) is 33.3 Å². The molecule has 7 nitrogen and oxygen atoms in total. The number of benzene rings is 1. The van der Waals surface area contributed by atoms with Gasteiger partial charge in [-0.3, -0.25) is 0 Å². The molecule has 7 heteroatoms. The van der Waals surface area contributed by atoms with Gasteiger partial charge in [0.05, 0.1) is 0 Å². The van der Waals surface area contributed by atoms with Gasteiger partial charge in [0.1, 0.15) is 6.29 Å². The van der Waals surface area contributed by atoms with Gasteiger partial charge in [0, 0.05) is 30.9 Å². The van der Waals surface area contributed by atoms with Crippen LogP contribution < -0.4 is 0 Å². The molecular weight excluding hydrogens is 272 g/mol. The molecule has 3 aromatic rings. The number of hydrogen-bond acceptors (Lipinski definition) is 7. The minimum absolute atomic E-state index is 0.365. The highest BCUT2D eigenvalue weighted by Gasteiger charge is 2.11. The first-order valence-corrected chi connectivity index (χ1v) is 6.43. The normalized spacial score (nSPS) is 10.7. The fourth-order valence-electron chi connectivity index (χ4n) is 1.87. The zero-order chi connectivity index (χ0) is 14.7. The van der Waals surface area contributed by atoms with Crippen molar-refractivity contribution >= 4 is 6.29 Å². The number of hydrogen-bond donors (Lipinski definition) is 0. The number of carbonyl (C=O) groups is 1. The lowest BCUT2D eigenvalue weighted by Crippen LogP contribution is -1.87. The van der Waals surface area contributed by atoms with Gasteiger partial charge in [-0.25, -0.2) is 0 Å². The van der Waals surface area contributed by atoms with Gasteiger partial charge in [-0.15, -0.1) is 0 Å². The number of aldehydes is 1. The van der Waals surface area contributed by atoms with Crippen LogP contribution in [0.4, 0.5) is 0 Å². The molecule has 0 N–H and O–H groups in total. The minimum Gasteiger partial charge on any atom is -0.339 e. The lowest BCUT2D eigenvalue weighted by molar-refractivity contribution is -0.107. The first-order chi connectivity index (χ1) is 10.3. The molecule has 0 radical (unpaired) electrons. The van der Waals surface area contributed by atoms with Crippen molar-refractivity contribution in [3.05, 3.63) is 36.0 Å². The monoisotopic (exact) mass is 284 g/mol. The van der Waals surface area contributed by atoms with Gasteiger partial charge in [0.25, 0.3) is 0 Å². The van der Waals surface area contributed by atoms with Gasteiger partial charge in [0.2, 0.25) is 23.4 Å². The molecule has 0 spiro atoms. The Morgan fingerprint density at radius 1 is 1.10 bits per heavy atom. The fraction of sp³-hybridized carbons (Fsp3) is 0.214. The van der Waals surface area contributed by atoms with E-state index in [2.05, 4.69) is 20.3 Å². The predicted octanol–water partition coefficient (Wildman–Crippen LogP) is 2.23. The molecule has 0 atom stereocenters. The van der Waals surface area contributed by atoms with Gasteiger partial charge in [0.15, 0.2) is 0 Å². The van der Waals surface area contributed by atoms with Crippen LogP contribution in [0.3, 0.4) is 0 Å². The molecule has 3 rings (SSSR count). The molecule has 0 unspecified atom stereocenters. The second-order valence-corrected chi connectivity index (χ2v) is 4.43. The van der Waals surface area contributed by atoms with Gasteiger partial charge in [-0.1, -0.05) is 28.5 Å². The van der Waals surface area contributed by atoms with Gasteiger partial charge in [-0.2, -0.15) is 9.97 Å². The van der Waals surface area contributed by atoms with Crippen LogP contribution >= 0.6 is 0 Å². The van der Waals surface area contributed by atoms with Crippen LogP contribution in [0.1, 0.15) is 18.2 Å². The van der Waals surface area contributed by atoms with Gasteiger partial charge >= 0.3 is 0 Å². The summed E-state index contributed by atoms with van der Waals surface area (Å²) in [6.45, 7) is 1.73. The van der Waals surface area contributed by atoms with E-state index in [0.29, 0.717) is 36.3 Å². The average molecular weight is 284 g/mol. The van der Waals surface area contributed by atoms with E-state index in [-0.39, 0.29) is 0 Å². The molecule has 0 amide bonds. The largest absolute Gasteiger partial charge is 0.339 e. The van der Waals surface area contributed by atoms with E-state index in [1.54, 1.807) is 6.92 Å². The van der Waals surface area contributed by atoms with Crippen molar-refractivity contribution in [1.29, 1.82) is 0 Å². The molecule has 0 saturated carbocycles. The summed E-state index contributed by atoms with van der Waals surface area (Å²) in [5.74, 6) is 1.93. The second kappa shape index (κ2) is 5.66. The molecule has 21 heavy (non-hydrogen) atoms. The van der Waals surface area contributed by atoms with Gasteiger partial charge in [-0.05, 0) is 6.07 Å². The van der Waals surface area contributed by atoms with E-state index in [1.807, 2.05) is 24.3 Å². The Hall–Kier alpha value is -2.83. The van der Waals surface area contributed by atoms with E-state index >= 15 is 0 Å². The third-order valence-corrected chi connectivity index (χ3v) is 2.85. The first kappa shape index (κ1) is 13.2. The number of carbonyl (C=O) groups excluding carboxylic acids is 1. The molecule has 0 fully saturated rings. The molecule has 0 saturated heterocycles. The van der Waals surface area contributed by atoms with E-state index in [0.717, 1.165) is 17.4 Å². The van der Waals surface area contributed by atoms with Crippen molar-refractivity contribution in [3.8, 4) is 22.8 Å². The first-order valence-electron chi connectivity index (χ1n) is 6.43. The zero-order valence-corrected chi connectivity index (χ0v) is 11.3. The van der Waals surface area contributed by atoms with Crippen LogP contribution in [-0.4, -0.2) is 26.6 Å². The quantitative estimate of drug-likeness (QED) is 0.663. The van der Waals surface area contributed by atoms with Crippen LogP contribution in [-0.2, 0) is 11.2 Å². The molecule has 0 aliphatic heterocycles. The number of aromatic nitrogens is 4. The zero-order valence-electron chi connectivity index (χ0n) is 11.3. The summed E-state index contributed by atoms with van der Waals surface area (Å²) in [7, 11) is 0. The molecule has 1 aromatic carbocycles. The third-order valence-electron chi connectivity index (χ3n) is 2.85. The highest BCUT2D eigenvalue weighted by molar-refractivity contribution is 5.65. The maximum absolute atomic E-state index is 10.3. The molecular formula is C14H12N4O3. The Kier molecular flexibility index (Phi) is 3.55. The van der Waals surface area contributed by atoms with E-state index < -0.39 is 0 Å². The summed E-state index contributed by atoms with van der Waals surface area (Å²) in [6, 6.07) is 7.46. The summed E-state index contributed by atoms with van der Waals surface area (Å²) in [4.78, 5) is 18.8. The third kappa shape index (κ3) is 2.86. The molecule has 2 aromatic heterocycles. The molecule has 106 valence electrons. The fourth-order valence-corrected chi connectivity index (χ4v) is 1.87. The highest BCUT2D eigenvalue weighted by atomic mass is 16.5. The van der Waals surface area contributed by atoms with Crippen molar-refractivity contribution in [2.45, 2.75) is 19.8 Å². The Morgan fingerprint density at radius 2 is 1.81 bits per heavy atom. The SMILES string of the molecule is Cc1nc(-c2cccc(-c3noc(CCC=O)n3)c2)no1. The van der Waals surface area contributed by atoms with Crippen molar-refractivity contribution < 1.29 is 13.8 Å². The Bertz CT molecular complexity index is 763. The topological polar surface area (TPSA) is 94.9 Å². The average Bonchev–Trinajstić information content (AvgIpc) is 3.14. The van der Waals surface area contributed by atoms with Crippen LogP contribution in [0, 0.1) is 6.92 Å². The number of rotatable bonds is 5. The van der Waals surface area contributed by atoms with Crippen LogP contribution in [0.5, 0.6) is 0 Å². The summed E-state index contributed by atoms with van der Waals surface area (Å²) in [6.07, 6.45) is 1.63. The maximum atomic E-state index is 10.3. The lowest BCUT2D eigenvalue weighted by atomic mass is 10.1. The Labute approximate surface area is 120 Å². The maximum Gasteiger partial charge on any atom is 0.227 e. The minimum atomic E-state index is 0.365. The standard InChI is InChI=1S/C14H12N4O3/c1-9-15-13(17-20-9)10-4-2-5-11(8-10)14-16-12(21-18-14)6-3-7-19/h2,4-5,7-8H,3,6H2,1H3. The smallest absolute Gasteiger partial charge is 0.227 e. The van der Waals surface area contributed by atoms with Crippen molar-refractivity contribution in [2.75, 3.05) is 0 Å². The van der Waals surface area contributed by atoms with Crippen molar-refractivity contribution in [3.63, 3.8) is 0 Å². The summed E-state index contributed by atoms with van der Waals surface area (Å²) < 4.78 is 10.1. The molecule has 0 bridgehead atoms. The van der Waals surface area contributed by atoms with E-state index in [9.17, 15) is 4.79 Å². The van der Waals surface area contributed by atoms with Gasteiger partial charge < -0.3 is 13.8 Å². The Balaban J connectivity index is 1.89. The summed E-state index contributed by atoms with van der Waals surface area (Å²) in [5.41, 5.74) is 1.60. The predicted molar refractivity (Wildman–Crippen MR) is 72.1 cm³/mol. The Morgan fingerprint density at radius 3 is 2.48 bits per heavy atom. The number of aryl methyl sites for hydroxylation is 2. The molecule has 2 heterocycles. The molecule has 0 aliphatic carbocycles. The summed E-state index contributed by atoms with van der Waals surface area (Å²) in [5, 5.41) is 7.79. The van der Waals surface area contributed by atoms with E-state index in [4.69, 9.17) is 9.05 Å². The van der Waals surface area contributed by atoms with Crippen LogP contribution in [0.25, 0.3) is 22.8 Å². The van der Waals surface area contributed by atoms with Crippen molar-refractivity contribution in [1.82, 2.24) is 20.3 Å². The number of nitrogens with zero attached hydrogens (tertiary/aromatic N) is 4. The van der Waals surface area contributed by atoms with Crippen molar-refractivity contribution in [2.24, 2.45) is 0 Å².